The number of nitrogens with zero attached hydrogens (tertiary/aromatic N) is 3. The molecule has 0 saturated carbocycles. The standard InChI is InChI=1S/C16H17IN4O2/c17-13-3-1-12(2-4-13)10-18-16(22)14-9-15(20-11-19-14)21-5-7-23-8-6-21/h1-4,9,11H,5-8,10H2,(H,18,22). The molecule has 0 spiro atoms. The van der Waals surface area contributed by atoms with E-state index in [0.29, 0.717) is 25.5 Å². The molecule has 1 N–H and O–H groups in total. The van der Waals surface area contributed by atoms with Gasteiger partial charge in [-0.2, -0.15) is 0 Å². The van der Waals surface area contributed by atoms with Gasteiger partial charge in [0.15, 0.2) is 0 Å². The minimum absolute atomic E-state index is 0.194. The van der Waals surface area contributed by atoms with E-state index in [1.54, 1.807) is 6.07 Å². The highest BCUT2D eigenvalue weighted by atomic mass is 127. The molecule has 1 saturated heterocycles. The van der Waals surface area contributed by atoms with E-state index in [0.717, 1.165) is 24.5 Å². The predicted molar refractivity (Wildman–Crippen MR) is 95.4 cm³/mol. The molecule has 1 aliphatic rings. The summed E-state index contributed by atoms with van der Waals surface area (Å²) < 4.78 is 6.50. The van der Waals surface area contributed by atoms with Gasteiger partial charge in [-0.3, -0.25) is 4.79 Å². The molecule has 1 aliphatic heterocycles. The van der Waals surface area contributed by atoms with E-state index in [-0.39, 0.29) is 5.91 Å². The second-order valence-electron chi connectivity index (χ2n) is 5.17. The Hall–Kier alpha value is -1.74. The van der Waals surface area contributed by atoms with Crippen molar-refractivity contribution in [2.24, 2.45) is 0 Å². The second kappa shape index (κ2) is 7.69. The van der Waals surface area contributed by atoms with Gasteiger partial charge in [-0.15, -0.1) is 0 Å². The number of ether oxygens (including phenoxy) is 1. The van der Waals surface area contributed by atoms with Gasteiger partial charge in [-0.25, -0.2) is 9.97 Å². The number of halogens is 1. The average molecular weight is 424 g/mol. The molecule has 2 heterocycles. The zero-order valence-corrected chi connectivity index (χ0v) is 14.7. The van der Waals surface area contributed by atoms with Crippen LogP contribution in [0.1, 0.15) is 16.1 Å². The number of amides is 1. The summed E-state index contributed by atoms with van der Waals surface area (Å²) in [6, 6.07) is 9.77. The molecule has 0 bridgehead atoms. The smallest absolute Gasteiger partial charge is 0.270 e. The summed E-state index contributed by atoms with van der Waals surface area (Å²) in [6.07, 6.45) is 1.44. The zero-order valence-electron chi connectivity index (χ0n) is 12.5. The fourth-order valence-corrected chi connectivity index (χ4v) is 2.67. The summed E-state index contributed by atoms with van der Waals surface area (Å²) in [5, 5.41) is 2.89. The van der Waals surface area contributed by atoms with Gasteiger partial charge in [0.25, 0.3) is 5.91 Å². The minimum atomic E-state index is -0.194. The first kappa shape index (κ1) is 16.1. The Balaban J connectivity index is 1.63. The molecule has 2 aromatic rings. The fourth-order valence-electron chi connectivity index (χ4n) is 2.31. The van der Waals surface area contributed by atoms with E-state index in [9.17, 15) is 4.79 Å². The predicted octanol–water partition coefficient (Wildman–Crippen LogP) is 1.85. The van der Waals surface area contributed by atoms with Crippen molar-refractivity contribution in [2.75, 3.05) is 31.2 Å². The molecule has 0 aliphatic carbocycles. The van der Waals surface area contributed by atoms with Gasteiger partial charge in [0.2, 0.25) is 0 Å². The molecule has 6 nitrogen and oxygen atoms in total. The van der Waals surface area contributed by atoms with Gasteiger partial charge >= 0.3 is 0 Å². The van der Waals surface area contributed by atoms with Crippen molar-refractivity contribution in [2.45, 2.75) is 6.54 Å². The summed E-state index contributed by atoms with van der Waals surface area (Å²) >= 11 is 2.25. The molecule has 1 fully saturated rings. The molecular weight excluding hydrogens is 407 g/mol. The highest BCUT2D eigenvalue weighted by molar-refractivity contribution is 14.1. The van der Waals surface area contributed by atoms with E-state index in [4.69, 9.17) is 4.74 Å². The van der Waals surface area contributed by atoms with E-state index < -0.39 is 0 Å². The minimum Gasteiger partial charge on any atom is -0.378 e. The molecule has 3 rings (SSSR count). The molecule has 0 atom stereocenters. The third-order valence-electron chi connectivity index (χ3n) is 3.59. The molecule has 0 unspecified atom stereocenters. The number of morpholine rings is 1. The number of benzene rings is 1. The Morgan fingerprint density at radius 2 is 1.96 bits per heavy atom. The first-order valence-corrected chi connectivity index (χ1v) is 8.47. The summed E-state index contributed by atoms with van der Waals surface area (Å²) in [5.74, 6) is 0.572. The first-order valence-electron chi connectivity index (χ1n) is 7.40. The van der Waals surface area contributed by atoms with Crippen molar-refractivity contribution in [1.82, 2.24) is 15.3 Å². The third-order valence-corrected chi connectivity index (χ3v) is 4.31. The highest BCUT2D eigenvalue weighted by Gasteiger charge is 2.15. The maximum atomic E-state index is 12.3. The number of nitrogens with one attached hydrogen (secondary N) is 1. The quantitative estimate of drug-likeness (QED) is 0.760. The third kappa shape index (κ3) is 4.38. The van der Waals surface area contributed by atoms with Crippen LogP contribution in [0.15, 0.2) is 36.7 Å². The Morgan fingerprint density at radius 3 is 2.70 bits per heavy atom. The number of hydrogen-bond acceptors (Lipinski definition) is 5. The van der Waals surface area contributed by atoms with Crippen LogP contribution < -0.4 is 10.2 Å². The van der Waals surface area contributed by atoms with Crippen molar-refractivity contribution in [3.8, 4) is 0 Å². The Labute approximate surface area is 148 Å². The number of carbonyl (C=O) groups is 1. The summed E-state index contributed by atoms with van der Waals surface area (Å²) in [6.45, 7) is 3.39. The van der Waals surface area contributed by atoms with Gasteiger partial charge in [-0.1, -0.05) is 12.1 Å². The lowest BCUT2D eigenvalue weighted by molar-refractivity contribution is 0.0945. The van der Waals surface area contributed by atoms with Gasteiger partial charge in [-0.05, 0) is 40.3 Å². The maximum Gasteiger partial charge on any atom is 0.270 e. The van der Waals surface area contributed by atoms with Crippen LogP contribution in [0, 0.1) is 3.57 Å². The first-order chi connectivity index (χ1) is 11.2. The normalized spacial score (nSPS) is 14.6. The van der Waals surface area contributed by atoms with Gasteiger partial charge < -0.3 is 15.0 Å². The Kier molecular flexibility index (Phi) is 5.39. The van der Waals surface area contributed by atoms with E-state index in [1.807, 2.05) is 24.3 Å². The molecule has 1 aromatic heterocycles. The van der Waals surface area contributed by atoms with Crippen LogP contribution in [0.5, 0.6) is 0 Å². The molecule has 120 valence electrons. The van der Waals surface area contributed by atoms with E-state index >= 15 is 0 Å². The Bertz CT molecular complexity index is 672. The summed E-state index contributed by atoms with van der Waals surface area (Å²) in [5.41, 5.74) is 1.44. The monoisotopic (exact) mass is 424 g/mol. The maximum absolute atomic E-state index is 12.3. The molecule has 7 heteroatoms. The van der Waals surface area contributed by atoms with Crippen molar-refractivity contribution >= 4 is 34.3 Å². The molecule has 23 heavy (non-hydrogen) atoms. The lowest BCUT2D eigenvalue weighted by atomic mass is 10.2. The van der Waals surface area contributed by atoms with Crippen LogP contribution in [0.4, 0.5) is 5.82 Å². The van der Waals surface area contributed by atoms with Crippen LogP contribution in [0.25, 0.3) is 0 Å². The van der Waals surface area contributed by atoms with Crippen LogP contribution >= 0.6 is 22.6 Å². The zero-order chi connectivity index (χ0) is 16.1. The largest absolute Gasteiger partial charge is 0.378 e. The average Bonchev–Trinajstić information content (AvgIpc) is 2.62. The topological polar surface area (TPSA) is 67.4 Å². The van der Waals surface area contributed by atoms with Gasteiger partial charge in [0.05, 0.1) is 13.2 Å². The number of hydrogen-bond donors (Lipinski definition) is 1. The van der Waals surface area contributed by atoms with Crippen molar-refractivity contribution in [3.63, 3.8) is 0 Å². The lowest BCUT2D eigenvalue weighted by Gasteiger charge is -2.27. The summed E-state index contributed by atoms with van der Waals surface area (Å²) in [7, 11) is 0. The SMILES string of the molecule is O=C(NCc1ccc(I)cc1)c1cc(N2CCOCC2)ncn1. The van der Waals surface area contributed by atoms with E-state index in [2.05, 4.69) is 42.8 Å². The molecule has 1 aromatic carbocycles. The molecule has 1 amide bonds. The van der Waals surface area contributed by atoms with Crippen LogP contribution in [-0.2, 0) is 11.3 Å². The number of carbonyl (C=O) groups excluding carboxylic acids is 1. The summed E-state index contributed by atoms with van der Waals surface area (Å²) in [4.78, 5) is 22.7. The second-order valence-corrected chi connectivity index (χ2v) is 6.42. The fraction of sp³-hybridized carbons (Fsp3) is 0.312. The number of anilines is 1. The van der Waals surface area contributed by atoms with Gasteiger partial charge in [0, 0.05) is 29.3 Å². The number of rotatable bonds is 4. The number of aromatic nitrogens is 2. The Morgan fingerprint density at radius 1 is 1.22 bits per heavy atom. The van der Waals surface area contributed by atoms with Crippen molar-refractivity contribution < 1.29 is 9.53 Å². The van der Waals surface area contributed by atoms with Crippen LogP contribution in [0.3, 0.4) is 0 Å². The van der Waals surface area contributed by atoms with Crippen molar-refractivity contribution in [3.05, 3.63) is 51.5 Å². The molecular formula is C16H17IN4O2. The molecule has 0 radical (unpaired) electrons. The van der Waals surface area contributed by atoms with Crippen molar-refractivity contribution in [1.29, 1.82) is 0 Å². The van der Waals surface area contributed by atoms with Crippen LogP contribution in [0.2, 0.25) is 0 Å². The van der Waals surface area contributed by atoms with Crippen LogP contribution in [-0.4, -0.2) is 42.2 Å². The lowest BCUT2D eigenvalue weighted by Crippen LogP contribution is -2.37. The van der Waals surface area contributed by atoms with E-state index in [1.165, 1.54) is 9.90 Å². The van der Waals surface area contributed by atoms with Gasteiger partial charge in [0.1, 0.15) is 17.8 Å². The highest BCUT2D eigenvalue weighted by Crippen LogP contribution is 2.13.